The highest BCUT2D eigenvalue weighted by atomic mass is 16.5. The van der Waals surface area contributed by atoms with Crippen molar-refractivity contribution in [1.29, 1.82) is 0 Å². The Balaban J connectivity index is 1.78. The molecule has 1 atom stereocenters. The van der Waals surface area contributed by atoms with Gasteiger partial charge in [0, 0.05) is 13.1 Å². The number of carbonyl (C=O) groups excluding carboxylic acids is 1. The maximum absolute atomic E-state index is 11.6. The van der Waals surface area contributed by atoms with Crippen LogP contribution in [0.15, 0.2) is 4.52 Å². The van der Waals surface area contributed by atoms with Crippen LogP contribution < -0.4 is 10.6 Å². The first kappa shape index (κ1) is 11.0. The Morgan fingerprint density at radius 2 is 2.56 bits per heavy atom. The molecule has 1 aliphatic heterocycles. The number of morpholine rings is 1. The predicted molar refractivity (Wildman–Crippen MR) is 53.5 cm³/mol. The highest BCUT2D eigenvalue weighted by Crippen LogP contribution is 1.98. The normalized spacial score (nSPS) is 20.7. The quantitative estimate of drug-likeness (QED) is 0.686. The number of hydrogen-bond donors (Lipinski definition) is 2. The summed E-state index contributed by atoms with van der Waals surface area (Å²) in [6.45, 7) is 3.83. The summed E-state index contributed by atoms with van der Waals surface area (Å²) < 4.78 is 10.2. The summed E-state index contributed by atoms with van der Waals surface area (Å²) >= 11 is 0. The minimum atomic E-state index is -0.433. The maximum atomic E-state index is 11.6. The molecular weight excluding hydrogens is 212 g/mol. The van der Waals surface area contributed by atoms with E-state index < -0.39 is 6.10 Å². The molecular formula is C9H14N4O3. The monoisotopic (exact) mass is 226 g/mol. The van der Waals surface area contributed by atoms with Crippen molar-refractivity contribution in [2.75, 3.05) is 19.7 Å². The molecule has 7 nitrogen and oxygen atoms in total. The molecule has 2 N–H and O–H groups in total. The first-order valence-corrected chi connectivity index (χ1v) is 5.15. The van der Waals surface area contributed by atoms with Crippen LogP contribution in [0.25, 0.3) is 0 Å². The second-order valence-corrected chi connectivity index (χ2v) is 3.52. The fourth-order valence-corrected chi connectivity index (χ4v) is 1.42. The van der Waals surface area contributed by atoms with Gasteiger partial charge in [0.05, 0.1) is 13.2 Å². The zero-order valence-corrected chi connectivity index (χ0v) is 9.02. The van der Waals surface area contributed by atoms with E-state index in [1.165, 1.54) is 0 Å². The molecule has 0 bridgehead atoms. The van der Waals surface area contributed by atoms with Crippen molar-refractivity contribution < 1.29 is 14.1 Å². The zero-order chi connectivity index (χ0) is 11.4. The molecule has 1 aromatic rings. The Labute approximate surface area is 92.5 Å². The molecule has 16 heavy (non-hydrogen) atoms. The van der Waals surface area contributed by atoms with Crippen molar-refractivity contribution in [3.8, 4) is 0 Å². The average molecular weight is 226 g/mol. The second-order valence-electron chi connectivity index (χ2n) is 3.52. The van der Waals surface area contributed by atoms with Gasteiger partial charge < -0.3 is 19.9 Å². The van der Waals surface area contributed by atoms with E-state index in [1.54, 1.807) is 6.92 Å². The molecule has 7 heteroatoms. The molecule has 0 aliphatic carbocycles. The number of rotatable bonds is 3. The van der Waals surface area contributed by atoms with E-state index in [-0.39, 0.29) is 12.5 Å². The van der Waals surface area contributed by atoms with Crippen LogP contribution in [0.1, 0.15) is 11.7 Å². The van der Waals surface area contributed by atoms with Crippen molar-refractivity contribution >= 4 is 5.91 Å². The fourth-order valence-electron chi connectivity index (χ4n) is 1.42. The smallest absolute Gasteiger partial charge is 0.250 e. The summed E-state index contributed by atoms with van der Waals surface area (Å²) in [6, 6.07) is 0. The molecule has 1 fully saturated rings. The van der Waals surface area contributed by atoms with E-state index in [4.69, 9.17) is 9.26 Å². The Bertz CT molecular complexity index is 359. The van der Waals surface area contributed by atoms with Crippen molar-refractivity contribution in [3.05, 3.63) is 11.7 Å². The number of aromatic nitrogens is 2. The summed E-state index contributed by atoms with van der Waals surface area (Å²) in [7, 11) is 0. The van der Waals surface area contributed by atoms with Gasteiger partial charge in [-0.15, -0.1) is 0 Å². The summed E-state index contributed by atoms with van der Waals surface area (Å²) in [4.78, 5) is 15.6. The summed E-state index contributed by atoms with van der Waals surface area (Å²) in [5.74, 6) is 0.789. The molecule has 1 unspecified atom stereocenters. The van der Waals surface area contributed by atoms with Crippen molar-refractivity contribution in [3.63, 3.8) is 0 Å². The molecule has 0 spiro atoms. The van der Waals surface area contributed by atoms with Crippen molar-refractivity contribution in [2.24, 2.45) is 0 Å². The molecule has 1 amide bonds. The van der Waals surface area contributed by atoms with Crippen LogP contribution in [0, 0.1) is 6.92 Å². The zero-order valence-electron chi connectivity index (χ0n) is 9.02. The number of hydrogen-bond acceptors (Lipinski definition) is 6. The van der Waals surface area contributed by atoms with E-state index in [1.807, 2.05) is 0 Å². The number of amides is 1. The molecule has 0 radical (unpaired) electrons. The first-order valence-electron chi connectivity index (χ1n) is 5.15. The number of ether oxygens (including phenoxy) is 1. The molecule has 0 aromatic carbocycles. The van der Waals surface area contributed by atoms with Gasteiger partial charge in [-0.2, -0.15) is 4.98 Å². The molecule has 0 saturated carbocycles. The summed E-state index contributed by atoms with van der Waals surface area (Å²) in [5.41, 5.74) is 0. The first-order chi connectivity index (χ1) is 7.75. The Morgan fingerprint density at radius 1 is 1.69 bits per heavy atom. The van der Waals surface area contributed by atoms with Crippen LogP contribution >= 0.6 is 0 Å². The highest BCUT2D eigenvalue weighted by Gasteiger charge is 2.21. The van der Waals surface area contributed by atoms with Gasteiger partial charge in [0.15, 0.2) is 5.82 Å². The number of nitrogens with zero attached hydrogens (tertiary/aromatic N) is 2. The Kier molecular flexibility index (Phi) is 3.47. The van der Waals surface area contributed by atoms with E-state index in [2.05, 4.69) is 20.8 Å². The minimum Gasteiger partial charge on any atom is -0.366 e. The van der Waals surface area contributed by atoms with Gasteiger partial charge >= 0.3 is 0 Å². The lowest BCUT2D eigenvalue weighted by Crippen LogP contribution is -2.47. The van der Waals surface area contributed by atoms with Crippen LogP contribution in [-0.4, -0.2) is 41.8 Å². The molecule has 1 aromatic heterocycles. The number of carbonyl (C=O) groups is 1. The average Bonchev–Trinajstić information content (AvgIpc) is 2.73. The topological polar surface area (TPSA) is 89.3 Å². The van der Waals surface area contributed by atoms with Gasteiger partial charge in [0.1, 0.15) is 6.10 Å². The third kappa shape index (κ3) is 2.77. The van der Waals surface area contributed by atoms with Crippen LogP contribution in [0.4, 0.5) is 0 Å². The highest BCUT2D eigenvalue weighted by molar-refractivity contribution is 5.81. The fraction of sp³-hybridized carbons (Fsp3) is 0.667. The van der Waals surface area contributed by atoms with Gasteiger partial charge in [-0.25, -0.2) is 0 Å². The van der Waals surface area contributed by atoms with E-state index in [0.29, 0.717) is 24.9 Å². The molecule has 88 valence electrons. The van der Waals surface area contributed by atoms with Gasteiger partial charge in [-0.05, 0) is 6.92 Å². The van der Waals surface area contributed by atoms with Gasteiger partial charge in [-0.1, -0.05) is 5.16 Å². The van der Waals surface area contributed by atoms with Crippen LogP contribution in [0.2, 0.25) is 0 Å². The van der Waals surface area contributed by atoms with Crippen molar-refractivity contribution in [2.45, 2.75) is 19.6 Å². The Morgan fingerprint density at radius 3 is 3.19 bits per heavy atom. The summed E-state index contributed by atoms with van der Waals surface area (Å²) in [6.07, 6.45) is -0.433. The molecule has 2 heterocycles. The lowest BCUT2D eigenvalue weighted by Gasteiger charge is -2.22. The largest absolute Gasteiger partial charge is 0.366 e. The van der Waals surface area contributed by atoms with Crippen molar-refractivity contribution in [1.82, 2.24) is 20.8 Å². The SMILES string of the molecule is Cc1noc(CNC(=O)C2CNCCO2)n1. The third-order valence-electron chi connectivity index (χ3n) is 2.20. The minimum absolute atomic E-state index is 0.164. The van der Waals surface area contributed by atoms with E-state index >= 15 is 0 Å². The molecule has 1 aliphatic rings. The molecule has 2 rings (SSSR count). The second kappa shape index (κ2) is 5.04. The van der Waals surface area contributed by atoms with Gasteiger partial charge in [0.25, 0.3) is 5.91 Å². The maximum Gasteiger partial charge on any atom is 0.250 e. The lowest BCUT2D eigenvalue weighted by atomic mass is 10.3. The van der Waals surface area contributed by atoms with Crippen LogP contribution in [0.3, 0.4) is 0 Å². The predicted octanol–water partition coefficient (Wildman–Crippen LogP) is -1.02. The van der Waals surface area contributed by atoms with Crippen LogP contribution in [0.5, 0.6) is 0 Å². The standard InChI is InChI=1S/C9H14N4O3/c1-6-12-8(16-13-6)5-11-9(14)7-4-10-2-3-15-7/h7,10H,2-5H2,1H3,(H,11,14). The van der Waals surface area contributed by atoms with E-state index in [0.717, 1.165) is 6.54 Å². The van der Waals surface area contributed by atoms with E-state index in [9.17, 15) is 4.79 Å². The van der Waals surface area contributed by atoms with Crippen LogP contribution in [-0.2, 0) is 16.1 Å². The molecule has 1 saturated heterocycles. The van der Waals surface area contributed by atoms with Gasteiger partial charge in [-0.3, -0.25) is 4.79 Å². The lowest BCUT2D eigenvalue weighted by molar-refractivity contribution is -0.134. The third-order valence-corrected chi connectivity index (χ3v) is 2.20. The number of aryl methyl sites for hydroxylation is 1. The Hall–Kier alpha value is -1.47. The van der Waals surface area contributed by atoms with Gasteiger partial charge in [0.2, 0.25) is 5.89 Å². The summed E-state index contributed by atoms with van der Waals surface area (Å²) in [5, 5.41) is 9.39. The number of nitrogens with one attached hydrogen (secondary N) is 2.